The molecule has 2 N–H and O–H groups in total. The van der Waals surface area contributed by atoms with Crippen LogP contribution in [0.25, 0.3) is 0 Å². The maximum absolute atomic E-state index is 12.2. The van der Waals surface area contributed by atoms with E-state index in [2.05, 4.69) is 17.6 Å². The summed E-state index contributed by atoms with van der Waals surface area (Å²) in [5.41, 5.74) is 2.68. The second-order valence-electron chi connectivity index (χ2n) is 4.33. The van der Waals surface area contributed by atoms with Crippen molar-refractivity contribution in [3.05, 3.63) is 29.3 Å². The lowest BCUT2D eigenvalue weighted by Gasteiger charge is -2.15. The molecule has 18 heavy (non-hydrogen) atoms. The maximum Gasteiger partial charge on any atom is 0.253 e. The molecule has 1 amide bonds. The SMILES string of the molecule is CCSCC(C)NC(=O)c1cc(C)ccc1NC. The van der Waals surface area contributed by atoms with Gasteiger partial charge in [-0.1, -0.05) is 18.6 Å². The zero-order valence-electron chi connectivity index (χ0n) is 11.5. The van der Waals surface area contributed by atoms with E-state index in [1.807, 2.05) is 50.9 Å². The molecule has 0 aliphatic heterocycles. The van der Waals surface area contributed by atoms with Crippen molar-refractivity contribution < 1.29 is 4.79 Å². The highest BCUT2D eigenvalue weighted by Gasteiger charge is 2.13. The van der Waals surface area contributed by atoms with Crippen molar-refractivity contribution in [2.24, 2.45) is 0 Å². The smallest absolute Gasteiger partial charge is 0.253 e. The van der Waals surface area contributed by atoms with E-state index in [1.54, 1.807) is 0 Å². The first-order valence-electron chi connectivity index (χ1n) is 6.25. The second kappa shape index (κ2) is 7.31. The van der Waals surface area contributed by atoms with Gasteiger partial charge in [-0.15, -0.1) is 0 Å². The molecule has 1 unspecified atom stereocenters. The summed E-state index contributed by atoms with van der Waals surface area (Å²) in [7, 11) is 1.83. The molecule has 1 atom stereocenters. The highest BCUT2D eigenvalue weighted by atomic mass is 32.2. The molecule has 0 fully saturated rings. The summed E-state index contributed by atoms with van der Waals surface area (Å²) < 4.78 is 0. The number of aryl methyl sites for hydroxylation is 1. The number of hydrogen-bond donors (Lipinski definition) is 2. The van der Waals surface area contributed by atoms with Crippen LogP contribution < -0.4 is 10.6 Å². The predicted octanol–water partition coefficient (Wildman–Crippen LogP) is 2.91. The Morgan fingerprint density at radius 3 is 2.78 bits per heavy atom. The lowest BCUT2D eigenvalue weighted by Crippen LogP contribution is -2.34. The van der Waals surface area contributed by atoms with Gasteiger partial charge in [-0.2, -0.15) is 11.8 Å². The fourth-order valence-electron chi connectivity index (χ4n) is 1.70. The van der Waals surface area contributed by atoms with Crippen LogP contribution in [0.3, 0.4) is 0 Å². The van der Waals surface area contributed by atoms with Crippen molar-refractivity contribution in [3.8, 4) is 0 Å². The van der Waals surface area contributed by atoms with Gasteiger partial charge in [-0.05, 0) is 31.7 Å². The van der Waals surface area contributed by atoms with Crippen LogP contribution >= 0.6 is 11.8 Å². The number of amides is 1. The van der Waals surface area contributed by atoms with Gasteiger partial charge in [0, 0.05) is 24.5 Å². The number of anilines is 1. The minimum atomic E-state index is -0.00717. The molecule has 3 nitrogen and oxygen atoms in total. The van der Waals surface area contributed by atoms with Crippen LogP contribution in [-0.4, -0.2) is 30.5 Å². The third kappa shape index (κ3) is 4.26. The van der Waals surface area contributed by atoms with Gasteiger partial charge in [0.15, 0.2) is 0 Å². The van der Waals surface area contributed by atoms with Crippen molar-refractivity contribution in [1.82, 2.24) is 5.32 Å². The van der Waals surface area contributed by atoms with Gasteiger partial charge in [0.25, 0.3) is 5.91 Å². The van der Waals surface area contributed by atoms with E-state index in [1.165, 1.54) is 0 Å². The molecule has 0 aromatic heterocycles. The molecule has 1 aromatic rings. The molecule has 0 bridgehead atoms. The third-order valence-corrected chi connectivity index (χ3v) is 3.78. The lowest BCUT2D eigenvalue weighted by molar-refractivity contribution is 0.0944. The number of carbonyl (C=O) groups excluding carboxylic acids is 1. The first-order chi connectivity index (χ1) is 8.58. The average Bonchev–Trinajstić information content (AvgIpc) is 2.36. The zero-order valence-corrected chi connectivity index (χ0v) is 12.4. The van der Waals surface area contributed by atoms with Gasteiger partial charge in [0.05, 0.1) is 5.56 Å². The Bertz CT molecular complexity index is 407. The van der Waals surface area contributed by atoms with Crippen LogP contribution in [0.5, 0.6) is 0 Å². The largest absolute Gasteiger partial charge is 0.387 e. The third-order valence-electron chi connectivity index (χ3n) is 2.64. The summed E-state index contributed by atoms with van der Waals surface area (Å²) in [5.74, 6) is 2.02. The summed E-state index contributed by atoms with van der Waals surface area (Å²) in [4.78, 5) is 12.2. The van der Waals surface area contributed by atoms with Crippen molar-refractivity contribution in [3.63, 3.8) is 0 Å². The highest BCUT2D eigenvalue weighted by Crippen LogP contribution is 2.17. The molecule has 4 heteroatoms. The van der Waals surface area contributed by atoms with E-state index in [0.29, 0.717) is 5.56 Å². The molecule has 1 aromatic carbocycles. The van der Waals surface area contributed by atoms with E-state index < -0.39 is 0 Å². The summed E-state index contributed by atoms with van der Waals surface area (Å²) in [6.45, 7) is 6.15. The van der Waals surface area contributed by atoms with Crippen LogP contribution in [0.1, 0.15) is 29.8 Å². The summed E-state index contributed by atoms with van der Waals surface area (Å²) in [5, 5.41) is 6.09. The minimum absolute atomic E-state index is 0.00717. The molecular weight excluding hydrogens is 244 g/mol. The van der Waals surface area contributed by atoms with Crippen LogP contribution in [0.2, 0.25) is 0 Å². The zero-order chi connectivity index (χ0) is 13.5. The maximum atomic E-state index is 12.2. The first-order valence-corrected chi connectivity index (χ1v) is 7.41. The fourth-order valence-corrected chi connectivity index (χ4v) is 2.37. The Kier molecular flexibility index (Phi) is 6.05. The lowest BCUT2D eigenvalue weighted by atomic mass is 10.1. The molecule has 0 spiro atoms. The molecule has 0 saturated heterocycles. The van der Waals surface area contributed by atoms with Gasteiger partial charge in [0.1, 0.15) is 0 Å². The van der Waals surface area contributed by atoms with Crippen molar-refractivity contribution in [2.45, 2.75) is 26.8 Å². The van der Waals surface area contributed by atoms with Gasteiger partial charge in [0.2, 0.25) is 0 Å². The van der Waals surface area contributed by atoms with Crippen LogP contribution in [0.15, 0.2) is 18.2 Å². The Labute approximate surface area is 114 Å². The summed E-state index contributed by atoms with van der Waals surface area (Å²) in [6.07, 6.45) is 0. The quantitative estimate of drug-likeness (QED) is 0.832. The topological polar surface area (TPSA) is 41.1 Å². The van der Waals surface area contributed by atoms with Crippen molar-refractivity contribution in [2.75, 3.05) is 23.9 Å². The molecule has 100 valence electrons. The molecule has 1 rings (SSSR count). The van der Waals surface area contributed by atoms with Crippen LogP contribution in [0.4, 0.5) is 5.69 Å². The van der Waals surface area contributed by atoms with Crippen LogP contribution in [0, 0.1) is 6.92 Å². The van der Waals surface area contributed by atoms with E-state index in [4.69, 9.17) is 0 Å². The standard InChI is InChI=1S/C14H22N2OS/c1-5-18-9-11(3)16-14(17)12-8-10(2)6-7-13(12)15-4/h6-8,11,15H,5,9H2,1-4H3,(H,16,17). The van der Waals surface area contributed by atoms with E-state index in [-0.39, 0.29) is 11.9 Å². The van der Waals surface area contributed by atoms with Crippen LogP contribution in [-0.2, 0) is 0 Å². The predicted molar refractivity (Wildman–Crippen MR) is 80.7 cm³/mol. The molecule has 0 aliphatic rings. The molecule has 0 saturated carbocycles. The summed E-state index contributed by atoms with van der Waals surface area (Å²) >= 11 is 1.84. The number of rotatable bonds is 6. The first kappa shape index (κ1) is 14.9. The van der Waals surface area contributed by atoms with Crippen molar-refractivity contribution in [1.29, 1.82) is 0 Å². The number of hydrogen-bond acceptors (Lipinski definition) is 3. The average molecular weight is 266 g/mol. The number of benzene rings is 1. The normalized spacial score (nSPS) is 12.0. The van der Waals surface area contributed by atoms with E-state index in [9.17, 15) is 4.79 Å². The minimum Gasteiger partial charge on any atom is -0.387 e. The van der Waals surface area contributed by atoms with Gasteiger partial charge >= 0.3 is 0 Å². The molecule has 0 aliphatic carbocycles. The molecule has 0 radical (unpaired) electrons. The molecular formula is C14H22N2OS. The van der Waals surface area contributed by atoms with Gasteiger partial charge < -0.3 is 10.6 Å². The monoisotopic (exact) mass is 266 g/mol. The van der Waals surface area contributed by atoms with Crippen molar-refractivity contribution >= 4 is 23.4 Å². The molecule has 0 heterocycles. The number of thioether (sulfide) groups is 1. The Morgan fingerprint density at radius 1 is 1.44 bits per heavy atom. The summed E-state index contributed by atoms with van der Waals surface area (Å²) in [6, 6.07) is 6.04. The van der Waals surface area contributed by atoms with E-state index >= 15 is 0 Å². The number of carbonyl (C=O) groups is 1. The van der Waals surface area contributed by atoms with Gasteiger partial charge in [-0.3, -0.25) is 4.79 Å². The number of nitrogens with one attached hydrogen (secondary N) is 2. The second-order valence-corrected chi connectivity index (χ2v) is 5.65. The van der Waals surface area contributed by atoms with E-state index in [0.717, 1.165) is 22.8 Å². The Morgan fingerprint density at radius 2 is 2.17 bits per heavy atom. The Hall–Kier alpha value is -1.16. The Balaban J connectivity index is 2.74. The van der Waals surface area contributed by atoms with Gasteiger partial charge in [-0.25, -0.2) is 0 Å². The fraction of sp³-hybridized carbons (Fsp3) is 0.500. The highest BCUT2D eigenvalue weighted by molar-refractivity contribution is 7.99.